The van der Waals surface area contributed by atoms with E-state index in [9.17, 15) is 13.2 Å². The van der Waals surface area contributed by atoms with Gasteiger partial charge in [-0.1, -0.05) is 48.5 Å². The minimum Gasteiger partial charge on any atom is -0.491 e. The molecule has 2 aromatic carbocycles. The Bertz CT molecular complexity index is 1010. The first-order valence-electron chi connectivity index (χ1n) is 10.3. The number of nitrogens with zero attached hydrogens (tertiary/aromatic N) is 1. The number of sulfonamides is 1. The van der Waals surface area contributed by atoms with Crippen molar-refractivity contribution in [1.82, 2.24) is 14.9 Å². The molecule has 2 unspecified atom stereocenters. The number of amides is 2. The van der Waals surface area contributed by atoms with Crippen molar-refractivity contribution in [2.45, 2.75) is 31.8 Å². The quantitative estimate of drug-likeness (QED) is 0.781. The van der Waals surface area contributed by atoms with Gasteiger partial charge in [-0.05, 0) is 30.9 Å². The highest BCUT2D eigenvalue weighted by Gasteiger charge is 2.39. The fourth-order valence-electron chi connectivity index (χ4n) is 4.21. The summed E-state index contributed by atoms with van der Waals surface area (Å²) >= 11 is 0. The van der Waals surface area contributed by atoms with Gasteiger partial charge >= 0.3 is 6.03 Å². The second kappa shape index (κ2) is 8.65. The Hall–Kier alpha value is -2.58. The average molecular weight is 430 g/mol. The van der Waals surface area contributed by atoms with Crippen molar-refractivity contribution < 1.29 is 17.9 Å². The number of rotatable bonds is 4. The minimum atomic E-state index is -3.38. The van der Waals surface area contributed by atoms with Gasteiger partial charge in [-0.25, -0.2) is 17.9 Å². The zero-order valence-electron chi connectivity index (χ0n) is 17.0. The summed E-state index contributed by atoms with van der Waals surface area (Å²) in [6.45, 7) is 2.88. The molecule has 0 aromatic heterocycles. The maximum Gasteiger partial charge on any atom is 0.317 e. The van der Waals surface area contributed by atoms with Crippen molar-refractivity contribution in [1.29, 1.82) is 0 Å². The number of hydrogen-bond donors (Lipinski definition) is 2. The molecule has 0 radical (unpaired) electrons. The van der Waals surface area contributed by atoms with Gasteiger partial charge in [0.1, 0.15) is 12.4 Å². The molecule has 160 valence electrons. The lowest BCUT2D eigenvalue weighted by Gasteiger charge is -2.31. The lowest BCUT2D eigenvalue weighted by atomic mass is 9.95. The van der Waals surface area contributed by atoms with Gasteiger partial charge < -0.3 is 15.0 Å². The van der Waals surface area contributed by atoms with E-state index in [1.807, 2.05) is 48.5 Å². The van der Waals surface area contributed by atoms with Crippen LogP contribution in [-0.4, -0.2) is 56.9 Å². The molecule has 2 heterocycles. The third-order valence-corrected chi connectivity index (χ3v) is 7.17. The Morgan fingerprint density at radius 1 is 1.17 bits per heavy atom. The molecule has 30 heavy (non-hydrogen) atoms. The van der Waals surface area contributed by atoms with Crippen LogP contribution in [0, 0.1) is 0 Å². The summed E-state index contributed by atoms with van der Waals surface area (Å²) in [5.74, 6) is 0.809. The first-order chi connectivity index (χ1) is 14.5. The molecule has 1 fully saturated rings. The van der Waals surface area contributed by atoms with Crippen LogP contribution >= 0.6 is 0 Å². The minimum absolute atomic E-state index is 0.0142. The highest BCUT2D eigenvalue weighted by atomic mass is 32.2. The molecule has 0 saturated carbocycles. The smallest absolute Gasteiger partial charge is 0.317 e. The number of carbonyl (C=O) groups is 1. The normalized spacial score (nSPS) is 21.9. The maximum absolute atomic E-state index is 12.7. The number of para-hydroxylation sites is 1. The second-order valence-corrected chi connectivity index (χ2v) is 9.66. The van der Waals surface area contributed by atoms with Gasteiger partial charge in [-0.2, -0.15) is 0 Å². The van der Waals surface area contributed by atoms with Crippen molar-refractivity contribution in [3.63, 3.8) is 0 Å². The zero-order valence-corrected chi connectivity index (χ0v) is 17.8. The van der Waals surface area contributed by atoms with Crippen LogP contribution < -0.4 is 14.8 Å². The summed E-state index contributed by atoms with van der Waals surface area (Å²) in [5, 5.41) is 2.90. The third kappa shape index (κ3) is 4.29. The Balaban J connectivity index is 1.73. The van der Waals surface area contributed by atoms with Crippen molar-refractivity contribution in [2.24, 2.45) is 0 Å². The molecule has 4 rings (SSSR count). The molecule has 1 saturated heterocycles. The van der Waals surface area contributed by atoms with E-state index in [-0.39, 0.29) is 23.9 Å². The van der Waals surface area contributed by atoms with Crippen LogP contribution in [0.15, 0.2) is 48.5 Å². The largest absolute Gasteiger partial charge is 0.491 e. The van der Waals surface area contributed by atoms with Gasteiger partial charge in [-0.15, -0.1) is 0 Å². The second-order valence-electron chi connectivity index (χ2n) is 7.62. The van der Waals surface area contributed by atoms with Gasteiger partial charge in [0.15, 0.2) is 0 Å². The fourth-order valence-corrected chi connectivity index (χ4v) is 5.11. The molecule has 2 aromatic rings. The molecule has 8 heteroatoms. The lowest BCUT2D eigenvalue weighted by Crippen LogP contribution is -2.51. The number of hydrogen-bond acceptors (Lipinski definition) is 4. The van der Waals surface area contributed by atoms with Gasteiger partial charge in [0.05, 0.1) is 18.3 Å². The van der Waals surface area contributed by atoms with E-state index in [2.05, 4.69) is 10.0 Å². The molecule has 2 aliphatic heterocycles. The Kier molecular flexibility index (Phi) is 5.97. The first-order valence-corrected chi connectivity index (χ1v) is 12.0. The fraction of sp³-hybridized carbons (Fsp3) is 0.409. The van der Waals surface area contributed by atoms with E-state index >= 15 is 0 Å². The highest BCUT2D eigenvalue weighted by Crippen LogP contribution is 2.36. The molecular weight excluding hydrogens is 402 g/mol. The van der Waals surface area contributed by atoms with Crippen molar-refractivity contribution in [2.75, 3.05) is 25.4 Å². The third-order valence-electron chi connectivity index (χ3n) is 5.75. The molecule has 0 aliphatic carbocycles. The number of nitrogens with one attached hydrogen (secondary N) is 2. The molecule has 2 N–H and O–H groups in total. The Morgan fingerprint density at radius 2 is 1.97 bits per heavy atom. The molecule has 2 amide bonds. The Labute approximate surface area is 177 Å². The predicted octanol–water partition coefficient (Wildman–Crippen LogP) is 2.38. The summed E-state index contributed by atoms with van der Waals surface area (Å²) in [7, 11) is -3.38. The summed E-state index contributed by atoms with van der Waals surface area (Å²) in [4.78, 5) is 14.4. The molecule has 0 spiro atoms. The number of fused-ring (bicyclic) bond motifs is 2. The van der Waals surface area contributed by atoms with E-state index in [4.69, 9.17) is 4.74 Å². The number of carbonyl (C=O) groups excluding carboxylic acids is 1. The van der Waals surface area contributed by atoms with Crippen LogP contribution in [0.25, 0.3) is 11.1 Å². The van der Waals surface area contributed by atoms with Crippen molar-refractivity contribution >= 4 is 16.1 Å². The predicted molar refractivity (Wildman–Crippen MR) is 116 cm³/mol. The van der Waals surface area contributed by atoms with Crippen molar-refractivity contribution in [3.05, 3.63) is 54.1 Å². The zero-order chi connectivity index (χ0) is 21.1. The monoisotopic (exact) mass is 429 g/mol. The van der Waals surface area contributed by atoms with Crippen LogP contribution in [0.4, 0.5) is 4.79 Å². The van der Waals surface area contributed by atoms with Crippen LogP contribution in [0.5, 0.6) is 5.75 Å². The molecule has 2 aliphatic rings. The summed E-state index contributed by atoms with van der Waals surface area (Å²) in [6.07, 6.45) is 1.10. The lowest BCUT2D eigenvalue weighted by molar-refractivity contribution is 0.183. The highest BCUT2D eigenvalue weighted by molar-refractivity contribution is 7.89. The van der Waals surface area contributed by atoms with Gasteiger partial charge in [0.2, 0.25) is 10.0 Å². The number of benzene rings is 2. The van der Waals surface area contributed by atoms with Gasteiger partial charge in [0.25, 0.3) is 0 Å². The van der Waals surface area contributed by atoms with Crippen LogP contribution in [-0.2, 0) is 16.4 Å². The van der Waals surface area contributed by atoms with E-state index in [1.54, 1.807) is 11.8 Å². The van der Waals surface area contributed by atoms with E-state index < -0.39 is 10.0 Å². The summed E-state index contributed by atoms with van der Waals surface area (Å²) in [5.41, 5.74) is 3.03. The molecule has 7 nitrogen and oxygen atoms in total. The van der Waals surface area contributed by atoms with Crippen molar-refractivity contribution in [3.8, 4) is 16.9 Å². The molecular formula is C22H27N3O4S. The van der Waals surface area contributed by atoms with E-state index in [1.165, 1.54) is 0 Å². The standard InChI is InChI=1S/C22H27N3O4S/c1-2-30(27,28)24-19-11-13-25-20(19)15-17-9-6-10-18(16-7-4-3-5-8-16)21(17)29-14-12-23-22(25)26/h3-10,19-20,24H,2,11-15H2,1H3,(H,23,26). The van der Waals surface area contributed by atoms with Crippen LogP contribution in [0.2, 0.25) is 0 Å². The van der Waals surface area contributed by atoms with Crippen LogP contribution in [0.1, 0.15) is 18.9 Å². The maximum atomic E-state index is 12.7. The summed E-state index contributed by atoms with van der Waals surface area (Å²) in [6, 6.07) is 15.3. The SMILES string of the molecule is CCS(=O)(=O)NC1CCN2C(=O)NCCOc3c(cccc3-c3ccccc3)CC12. The van der Waals surface area contributed by atoms with E-state index in [0.717, 1.165) is 22.4 Å². The number of urea groups is 1. The molecule has 0 bridgehead atoms. The van der Waals surface area contributed by atoms with Gasteiger partial charge in [-0.3, -0.25) is 0 Å². The molecule has 2 atom stereocenters. The average Bonchev–Trinajstić information content (AvgIpc) is 3.14. The topological polar surface area (TPSA) is 87.7 Å². The first kappa shape index (κ1) is 20.7. The van der Waals surface area contributed by atoms with E-state index in [0.29, 0.717) is 32.5 Å². The van der Waals surface area contributed by atoms with Crippen LogP contribution in [0.3, 0.4) is 0 Å². The summed E-state index contributed by atoms with van der Waals surface area (Å²) < 4.78 is 33.4. The van der Waals surface area contributed by atoms with Gasteiger partial charge in [0, 0.05) is 18.2 Å². The number of ether oxygens (including phenoxy) is 1. The Morgan fingerprint density at radius 3 is 2.73 bits per heavy atom.